The maximum Gasteiger partial charge on any atom is 0.101 e. The van der Waals surface area contributed by atoms with Gasteiger partial charge < -0.3 is 5.11 Å². The number of rotatable bonds is 3. The summed E-state index contributed by atoms with van der Waals surface area (Å²) in [6.07, 6.45) is 2.30. The minimum atomic E-state index is -0.817. The molecule has 0 spiro atoms. The maximum absolute atomic E-state index is 10.3. The van der Waals surface area contributed by atoms with Crippen molar-refractivity contribution in [2.24, 2.45) is 0 Å². The molecule has 0 aliphatic heterocycles. The van der Waals surface area contributed by atoms with Crippen LogP contribution < -0.4 is 0 Å². The van der Waals surface area contributed by atoms with Gasteiger partial charge in [0.1, 0.15) is 5.60 Å². The van der Waals surface area contributed by atoms with Crippen LogP contribution in [-0.4, -0.2) is 10.1 Å². The van der Waals surface area contributed by atoms with E-state index >= 15 is 0 Å². The number of aliphatic hydroxyl groups is 1. The van der Waals surface area contributed by atoms with E-state index in [0.717, 1.165) is 10.6 Å². The van der Waals surface area contributed by atoms with E-state index in [2.05, 4.69) is 4.98 Å². The molecule has 0 aliphatic carbocycles. The molecular weight excluding hydrogens is 206 g/mol. The third kappa shape index (κ3) is 2.43. The molecule has 1 N–H and O–H groups in total. The summed E-state index contributed by atoms with van der Waals surface area (Å²) in [7, 11) is 0. The molecule has 0 fully saturated rings. The Morgan fingerprint density at radius 1 is 1.33 bits per heavy atom. The molecule has 2 aromatic rings. The second-order valence-electron chi connectivity index (χ2n) is 3.75. The Kier molecular flexibility index (Phi) is 2.84. The van der Waals surface area contributed by atoms with Crippen LogP contribution in [-0.2, 0) is 12.0 Å². The molecule has 0 aliphatic rings. The van der Waals surface area contributed by atoms with Gasteiger partial charge in [-0.1, -0.05) is 12.1 Å². The molecule has 78 valence electrons. The molecule has 0 saturated carbocycles. The Hall–Kier alpha value is -1.19. The molecule has 15 heavy (non-hydrogen) atoms. The zero-order valence-corrected chi connectivity index (χ0v) is 9.37. The first-order chi connectivity index (χ1) is 7.18. The van der Waals surface area contributed by atoms with Gasteiger partial charge in [0.05, 0.1) is 0 Å². The number of aromatic nitrogens is 1. The minimum absolute atomic E-state index is 0.550. The highest BCUT2D eigenvalue weighted by molar-refractivity contribution is 7.10. The van der Waals surface area contributed by atoms with Gasteiger partial charge in [0.2, 0.25) is 0 Å². The lowest BCUT2D eigenvalue weighted by Crippen LogP contribution is -2.23. The normalized spacial score (nSPS) is 14.8. The third-order valence-electron chi connectivity index (χ3n) is 2.30. The van der Waals surface area contributed by atoms with Gasteiger partial charge in [-0.3, -0.25) is 4.98 Å². The van der Waals surface area contributed by atoms with Crippen LogP contribution in [0.5, 0.6) is 0 Å². The Balaban J connectivity index is 2.18. The summed E-state index contributed by atoms with van der Waals surface area (Å²) in [5.74, 6) is 0. The van der Waals surface area contributed by atoms with Crippen molar-refractivity contribution in [3.63, 3.8) is 0 Å². The van der Waals surface area contributed by atoms with E-state index < -0.39 is 5.60 Å². The van der Waals surface area contributed by atoms with E-state index in [0.29, 0.717) is 6.42 Å². The van der Waals surface area contributed by atoms with Gasteiger partial charge in [-0.25, -0.2) is 0 Å². The van der Waals surface area contributed by atoms with Crippen molar-refractivity contribution in [3.05, 3.63) is 52.5 Å². The predicted octanol–water partition coefficient (Wildman–Crippen LogP) is 2.59. The average molecular weight is 219 g/mol. The monoisotopic (exact) mass is 219 g/mol. The second kappa shape index (κ2) is 4.13. The molecule has 2 rings (SSSR count). The highest BCUT2D eigenvalue weighted by atomic mass is 32.1. The van der Waals surface area contributed by atoms with E-state index in [1.54, 1.807) is 17.5 Å². The molecule has 0 radical (unpaired) electrons. The number of hydrogen-bond donors (Lipinski definition) is 1. The molecule has 2 aromatic heterocycles. The third-order valence-corrected chi connectivity index (χ3v) is 3.43. The van der Waals surface area contributed by atoms with Crippen LogP contribution in [0.2, 0.25) is 0 Å². The summed E-state index contributed by atoms with van der Waals surface area (Å²) in [5.41, 5.74) is 0.0959. The number of pyridine rings is 1. The SMILES string of the molecule is CC(O)(Cc1ccccn1)c1cccs1. The smallest absolute Gasteiger partial charge is 0.101 e. The molecule has 1 unspecified atom stereocenters. The fraction of sp³-hybridized carbons (Fsp3) is 0.250. The van der Waals surface area contributed by atoms with Gasteiger partial charge >= 0.3 is 0 Å². The maximum atomic E-state index is 10.3. The molecule has 2 heterocycles. The first-order valence-corrected chi connectivity index (χ1v) is 5.73. The van der Waals surface area contributed by atoms with Crippen LogP contribution in [0.1, 0.15) is 17.5 Å². The molecule has 0 amide bonds. The van der Waals surface area contributed by atoms with Crippen LogP contribution in [0.25, 0.3) is 0 Å². The topological polar surface area (TPSA) is 33.1 Å². The molecule has 0 bridgehead atoms. The Morgan fingerprint density at radius 3 is 2.80 bits per heavy atom. The van der Waals surface area contributed by atoms with Gasteiger partial charge in [-0.05, 0) is 30.5 Å². The highest BCUT2D eigenvalue weighted by Gasteiger charge is 2.24. The Labute approximate surface area is 93.2 Å². The molecule has 3 heteroatoms. The first kappa shape index (κ1) is 10.3. The van der Waals surface area contributed by atoms with Crippen molar-refractivity contribution in [3.8, 4) is 0 Å². The van der Waals surface area contributed by atoms with Crippen LogP contribution in [0.3, 0.4) is 0 Å². The molecule has 1 atom stereocenters. The fourth-order valence-electron chi connectivity index (χ4n) is 1.53. The number of hydrogen-bond acceptors (Lipinski definition) is 3. The van der Waals surface area contributed by atoms with Crippen LogP contribution >= 0.6 is 11.3 Å². The van der Waals surface area contributed by atoms with Crippen molar-refractivity contribution >= 4 is 11.3 Å². The van der Waals surface area contributed by atoms with Crippen LogP contribution in [0.4, 0.5) is 0 Å². The van der Waals surface area contributed by atoms with Gasteiger partial charge in [0, 0.05) is 23.2 Å². The molecule has 2 nitrogen and oxygen atoms in total. The summed E-state index contributed by atoms with van der Waals surface area (Å²) >= 11 is 1.57. The zero-order chi connectivity index (χ0) is 10.7. The zero-order valence-electron chi connectivity index (χ0n) is 8.55. The Bertz CT molecular complexity index is 408. The number of nitrogens with zero attached hydrogens (tertiary/aromatic N) is 1. The van der Waals surface area contributed by atoms with Crippen molar-refractivity contribution in [2.45, 2.75) is 18.9 Å². The summed E-state index contributed by atoms with van der Waals surface area (Å²) in [4.78, 5) is 5.20. The predicted molar refractivity (Wildman–Crippen MR) is 61.8 cm³/mol. The van der Waals surface area contributed by atoms with E-state index in [1.165, 1.54) is 0 Å². The lowest BCUT2D eigenvalue weighted by Gasteiger charge is -2.21. The quantitative estimate of drug-likeness (QED) is 0.860. The summed E-state index contributed by atoms with van der Waals surface area (Å²) in [5, 5.41) is 12.3. The van der Waals surface area contributed by atoms with E-state index in [4.69, 9.17) is 0 Å². The average Bonchev–Trinajstić information content (AvgIpc) is 2.71. The van der Waals surface area contributed by atoms with Crippen molar-refractivity contribution in [1.29, 1.82) is 0 Å². The summed E-state index contributed by atoms with van der Waals surface area (Å²) in [6.45, 7) is 1.83. The summed E-state index contributed by atoms with van der Waals surface area (Å²) in [6, 6.07) is 9.65. The molecule has 0 aromatic carbocycles. The van der Waals surface area contributed by atoms with E-state index in [1.807, 2.05) is 42.6 Å². The van der Waals surface area contributed by atoms with Crippen LogP contribution in [0.15, 0.2) is 41.9 Å². The van der Waals surface area contributed by atoms with Crippen molar-refractivity contribution in [1.82, 2.24) is 4.98 Å². The van der Waals surface area contributed by atoms with Gasteiger partial charge in [0.15, 0.2) is 0 Å². The first-order valence-electron chi connectivity index (χ1n) is 4.85. The van der Waals surface area contributed by atoms with Gasteiger partial charge in [0.25, 0.3) is 0 Å². The van der Waals surface area contributed by atoms with Gasteiger partial charge in [-0.15, -0.1) is 11.3 Å². The van der Waals surface area contributed by atoms with Gasteiger partial charge in [-0.2, -0.15) is 0 Å². The second-order valence-corrected chi connectivity index (χ2v) is 4.70. The Morgan fingerprint density at radius 2 is 2.20 bits per heavy atom. The fourth-order valence-corrected chi connectivity index (χ4v) is 2.31. The standard InChI is InChI=1S/C12H13NOS/c1-12(14,11-6-4-8-15-11)9-10-5-2-3-7-13-10/h2-8,14H,9H2,1H3. The minimum Gasteiger partial charge on any atom is -0.384 e. The van der Waals surface area contributed by atoms with Crippen molar-refractivity contribution in [2.75, 3.05) is 0 Å². The summed E-state index contributed by atoms with van der Waals surface area (Å²) < 4.78 is 0. The largest absolute Gasteiger partial charge is 0.384 e. The van der Waals surface area contributed by atoms with E-state index in [-0.39, 0.29) is 0 Å². The molecule has 0 saturated heterocycles. The van der Waals surface area contributed by atoms with Crippen LogP contribution in [0, 0.1) is 0 Å². The lowest BCUT2D eigenvalue weighted by molar-refractivity contribution is 0.0604. The van der Waals surface area contributed by atoms with Crippen molar-refractivity contribution < 1.29 is 5.11 Å². The number of thiophene rings is 1. The molecular formula is C12H13NOS. The highest BCUT2D eigenvalue weighted by Crippen LogP contribution is 2.28. The van der Waals surface area contributed by atoms with E-state index in [9.17, 15) is 5.11 Å². The lowest BCUT2D eigenvalue weighted by atomic mass is 9.98.